The number of hydrogen-bond acceptors (Lipinski definition) is 2. The maximum Gasteiger partial charge on any atom is 0.0618 e. The van der Waals surface area contributed by atoms with E-state index < -0.39 is 0 Å². The Morgan fingerprint density at radius 2 is 2.14 bits per heavy atom. The fourth-order valence-corrected chi connectivity index (χ4v) is 2.15. The molecule has 1 aliphatic rings. The molecular formula is C12H25NO. The smallest absolute Gasteiger partial charge is 0.0618 e. The zero-order chi connectivity index (χ0) is 10.6. The van der Waals surface area contributed by atoms with Gasteiger partial charge in [0.15, 0.2) is 0 Å². The third kappa shape index (κ3) is 3.25. The third-order valence-electron chi connectivity index (χ3n) is 3.45. The maximum atomic E-state index is 5.26. The fraction of sp³-hybridized carbons (Fsp3) is 1.00. The summed E-state index contributed by atoms with van der Waals surface area (Å²) in [5.74, 6) is 0. The lowest BCUT2D eigenvalue weighted by Crippen LogP contribution is -2.39. The molecule has 0 saturated carbocycles. The minimum absolute atomic E-state index is 0.455. The van der Waals surface area contributed by atoms with Crippen LogP contribution in [-0.4, -0.2) is 37.7 Å². The molecule has 0 radical (unpaired) electrons. The van der Waals surface area contributed by atoms with Crippen molar-refractivity contribution in [3.63, 3.8) is 0 Å². The van der Waals surface area contributed by atoms with Gasteiger partial charge in [-0.05, 0) is 31.2 Å². The van der Waals surface area contributed by atoms with Crippen molar-refractivity contribution in [2.75, 3.05) is 26.8 Å². The average Bonchev–Trinajstić information content (AvgIpc) is 2.53. The summed E-state index contributed by atoms with van der Waals surface area (Å²) in [5, 5.41) is 0. The second kappa shape index (κ2) is 5.13. The zero-order valence-corrected chi connectivity index (χ0v) is 10.2. The first-order chi connectivity index (χ1) is 6.59. The van der Waals surface area contributed by atoms with Crippen molar-refractivity contribution < 1.29 is 4.74 Å². The topological polar surface area (TPSA) is 12.5 Å². The zero-order valence-electron chi connectivity index (χ0n) is 10.2. The normalized spacial score (nSPS) is 24.4. The van der Waals surface area contributed by atoms with E-state index in [9.17, 15) is 0 Å². The van der Waals surface area contributed by atoms with Crippen LogP contribution >= 0.6 is 0 Å². The molecule has 1 rings (SSSR count). The molecule has 2 heteroatoms. The van der Waals surface area contributed by atoms with Crippen molar-refractivity contribution in [2.45, 2.75) is 46.1 Å². The second-order valence-electron chi connectivity index (χ2n) is 5.24. The standard InChI is InChI=1S/C12H25NO/c1-5-12(2,3)10-13-8-6-7-11(13)9-14-4/h11H,5-10H2,1-4H3/t11-/m0/s1. The summed E-state index contributed by atoms with van der Waals surface area (Å²) in [7, 11) is 1.81. The van der Waals surface area contributed by atoms with E-state index in [1.54, 1.807) is 0 Å². The van der Waals surface area contributed by atoms with E-state index in [1.165, 1.54) is 32.4 Å². The quantitative estimate of drug-likeness (QED) is 0.674. The van der Waals surface area contributed by atoms with Gasteiger partial charge in [0.25, 0.3) is 0 Å². The highest BCUT2D eigenvalue weighted by Gasteiger charge is 2.28. The van der Waals surface area contributed by atoms with Crippen molar-refractivity contribution in [1.29, 1.82) is 0 Å². The van der Waals surface area contributed by atoms with Crippen LogP contribution in [0, 0.1) is 5.41 Å². The summed E-state index contributed by atoms with van der Waals surface area (Å²) < 4.78 is 5.26. The van der Waals surface area contributed by atoms with Gasteiger partial charge in [0.1, 0.15) is 0 Å². The Labute approximate surface area is 88.6 Å². The van der Waals surface area contributed by atoms with Gasteiger partial charge in [0.2, 0.25) is 0 Å². The molecule has 1 saturated heterocycles. The van der Waals surface area contributed by atoms with Crippen molar-refractivity contribution in [3.8, 4) is 0 Å². The Kier molecular flexibility index (Phi) is 4.39. The molecule has 0 unspecified atom stereocenters. The number of rotatable bonds is 5. The number of ether oxygens (including phenoxy) is 1. The molecule has 0 bridgehead atoms. The van der Waals surface area contributed by atoms with Crippen LogP contribution in [-0.2, 0) is 4.74 Å². The van der Waals surface area contributed by atoms with E-state index in [2.05, 4.69) is 25.7 Å². The van der Waals surface area contributed by atoms with E-state index in [1.807, 2.05) is 7.11 Å². The van der Waals surface area contributed by atoms with Crippen molar-refractivity contribution in [3.05, 3.63) is 0 Å². The second-order valence-corrected chi connectivity index (χ2v) is 5.24. The molecule has 14 heavy (non-hydrogen) atoms. The minimum atomic E-state index is 0.455. The highest BCUT2D eigenvalue weighted by molar-refractivity contribution is 4.83. The number of hydrogen-bond donors (Lipinski definition) is 0. The summed E-state index contributed by atoms with van der Waals surface area (Å²) in [6.07, 6.45) is 3.91. The molecule has 0 spiro atoms. The molecule has 0 aromatic heterocycles. The molecule has 84 valence electrons. The number of methoxy groups -OCH3 is 1. The number of likely N-dealkylation sites (tertiary alicyclic amines) is 1. The average molecular weight is 199 g/mol. The molecule has 0 aromatic carbocycles. The molecule has 1 atom stereocenters. The summed E-state index contributed by atoms with van der Waals surface area (Å²) in [4.78, 5) is 2.60. The molecule has 1 aliphatic heterocycles. The van der Waals surface area contributed by atoms with Gasteiger partial charge < -0.3 is 4.74 Å². The molecular weight excluding hydrogens is 174 g/mol. The first-order valence-corrected chi connectivity index (χ1v) is 5.82. The first-order valence-electron chi connectivity index (χ1n) is 5.82. The van der Waals surface area contributed by atoms with Crippen LogP contribution in [0.15, 0.2) is 0 Å². The Morgan fingerprint density at radius 3 is 2.71 bits per heavy atom. The van der Waals surface area contributed by atoms with Crippen LogP contribution in [0.4, 0.5) is 0 Å². The van der Waals surface area contributed by atoms with Crippen LogP contribution in [0.1, 0.15) is 40.0 Å². The monoisotopic (exact) mass is 199 g/mol. The van der Waals surface area contributed by atoms with Gasteiger partial charge >= 0.3 is 0 Å². The fourth-order valence-electron chi connectivity index (χ4n) is 2.15. The van der Waals surface area contributed by atoms with Crippen LogP contribution in [0.5, 0.6) is 0 Å². The highest BCUT2D eigenvalue weighted by Crippen LogP contribution is 2.26. The van der Waals surface area contributed by atoms with Gasteiger partial charge in [0.05, 0.1) is 6.61 Å². The Bertz CT molecular complexity index is 168. The maximum absolute atomic E-state index is 5.26. The molecule has 1 fully saturated rings. The molecule has 2 nitrogen and oxygen atoms in total. The lowest BCUT2D eigenvalue weighted by Gasteiger charge is -2.32. The van der Waals surface area contributed by atoms with Gasteiger partial charge in [0, 0.05) is 19.7 Å². The molecule has 0 amide bonds. The lowest BCUT2D eigenvalue weighted by atomic mass is 9.89. The van der Waals surface area contributed by atoms with Crippen LogP contribution < -0.4 is 0 Å². The molecule has 1 heterocycles. The Hall–Kier alpha value is -0.0800. The van der Waals surface area contributed by atoms with E-state index in [-0.39, 0.29) is 0 Å². The van der Waals surface area contributed by atoms with Gasteiger partial charge in [-0.2, -0.15) is 0 Å². The summed E-state index contributed by atoms with van der Waals surface area (Å²) in [6.45, 7) is 10.4. The Balaban J connectivity index is 2.42. The SMILES string of the molecule is CCC(C)(C)CN1CCC[C@H]1COC. The van der Waals surface area contributed by atoms with E-state index in [4.69, 9.17) is 4.74 Å². The van der Waals surface area contributed by atoms with Crippen LogP contribution in [0.2, 0.25) is 0 Å². The summed E-state index contributed by atoms with van der Waals surface area (Å²) in [6, 6.07) is 0.672. The Morgan fingerprint density at radius 1 is 1.43 bits per heavy atom. The molecule has 0 N–H and O–H groups in total. The van der Waals surface area contributed by atoms with Crippen LogP contribution in [0.3, 0.4) is 0 Å². The minimum Gasteiger partial charge on any atom is -0.383 e. The van der Waals surface area contributed by atoms with Gasteiger partial charge in [-0.1, -0.05) is 20.8 Å². The summed E-state index contributed by atoms with van der Waals surface area (Å²) >= 11 is 0. The van der Waals surface area contributed by atoms with E-state index in [0.29, 0.717) is 11.5 Å². The predicted octanol–water partition coefficient (Wildman–Crippen LogP) is 2.53. The molecule has 0 aliphatic carbocycles. The van der Waals surface area contributed by atoms with Gasteiger partial charge in [-0.3, -0.25) is 4.90 Å². The van der Waals surface area contributed by atoms with Gasteiger partial charge in [-0.15, -0.1) is 0 Å². The predicted molar refractivity (Wildman–Crippen MR) is 60.5 cm³/mol. The van der Waals surface area contributed by atoms with E-state index >= 15 is 0 Å². The summed E-state index contributed by atoms with van der Waals surface area (Å²) in [5.41, 5.74) is 0.455. The van der Waals surface area contributed by atoms with Crippen molar-refractivity contribution in [1.82, 2.24) is 4.90 Å². The highest BCUT2D eigenvalue weighted by atomic mass is 16.5. The number of nitrogens with zero attached hydrogens (tertiary/aromatic N) is 1. The van der Waals surface area contributed by atoms with Crippen LogP contribution in [0.25, 0.3) is 0 Å². The van der Waals surface area contributed by atoms with E-state index in [0.717, 1.165) is 6.61 Å². The molecule has 0 aromatic rings. The largest absolute Gasteiger partial charge is 0.383 e. The van der Waals surface area contributed by atoms with Crippen molar-refractivity contribution >= 4 is 0 Å². The van der Waals surface area contributed by atoms with Gasteiger partial charge in [-0.25, -0.2) is 0 Å². The van der Waals surface area contributed by atoms with Crippen molar-refractivity contribution in [2.24, 2.45) is 5.41 Å². The third-order valence-corrected chi connectivity index (χ3v) is 3.45. The first kappa shape index (κ1) is 12.0. The lowest BCUT2D eigenvalue weighted by molar-refractivity contribution is 0.0889.